The number of aryl methyl sites for hydroxylation is 1. The fourth-order valence-electron chi connectivity index (χ4n) is 6.49. The van der Waals surface area contributed by atoms with Crippen molar-refractivity contribution in [3.8, 4) is 5.75 Å². The molecule has 0 aromatic heterocycles. The summed E-state index contributed by atoms with van der Waals surface area (Å²) in [6.45, 7) is 1.87. The van der Waals surface area contributed by atoms with Gasteiger partial charge in [-0.3, -0.25) is 24.1 Å². The maximum Gasteiger partial charge on any atom is 0.255 e. The number of ketones is 3. The Balaban J connectivity index is 1.63. The Morgan fingerprint density at radius 3 is 2.45 bits per heavy atom. The van der Waals surface area contributed by atoms with Gasteiger partial charge in [-0.1, -0.05) is 36.4 Å². The Hall–Kier alpha value is -3.82. The first-order valence-corrected chi connectivity index (χ1v) is 12.5. The lowest BCUT2D eigenvalue weighted by atomic mass is 9.54. The first-order valence-electron chi connectivity index (χ1n) is 12.5. The highest BCUT2D eigenvalue weighted by atomic mass is 16.5. The summed E-state index contributed by atoms with van der Waals surface area (Å²) in [5.41, 5.74) is 4.71. The van der Waals surface area contributed by atoms with Gasteiger partial charge in [0.15, 0.2) is 17.2 Å². The van der Waals surface area contributed by atoms with Crippen LogP contribution in [0.5, 0.6) is 5.75 Å². The van der Waals surface area contributed by atoms with Gasteiger partial charge >= 0.3 is 0 Å². The van der Waals surface area contributed by atoms with Crippen LogP contribution >= 0.6 is 0 Å². The molecule has 0 bridgehead atoms. The number of amides is 1. The molecule has 9 heteroatoms. The number of primary amides is 1. The topological polar surface area (TPSA) is 147 Å². The second-order valence-corrected chi connectivity index (χ2v) is 10.6. The standard InChI is InChI=1S/C29H30N2O7/c1-14-9-10-19(32)21-17(14)11-16-12-18-23(31(2)3)25(38-13-15-7-5-4-6-8-15)22(28(30)36)27(35)29(18,37)26(34)20(16)24(21)33/h4-10,16,18,20,23,32,37H,11-13H2,1-3H3,(H2,30,36)/t16-,18-,20?,23-,29-/m0/s1. The van der Waals surface area contributed by atoms with Gasteiger partial charge in [-0.25, -0.2) is 0 Å². The van der Waals surface area contributed by atoms with E-state index in [1.807, 2.05) is 37.3 Å². The molecule has 5 rings (SSSR count). The van der Waals surface area contributed by atoms with Crippen LogP contribution in [0, 0.1) is 24.7 Å². The summed E-state index contributed by atoms with van der Waals surface area (Å²) in [4.78, 5) is 55.6. The van der Waals surface area contributed by atoms with Gasteiger partial charge in [-0.2, -0.15) is 0 Å². The van der Waals surface area contributed by atoms with Gasteiger partial charge in [0.2, 0.25) is 5.78 Å². The maximum absolute atomic E-state index is 14.0. The number of benzene rings is 2. The van der Waals surface area contributed by atoms with Crippen molar-refractivity contribution in [3.05, 3.63) is 76.1 Å². The van der Waals surface area contributed by atoms with Crippen LogP contribution in [-0.4, -0.2) is 64.1 Å². The number of carbonyl (C=O) groups excluding carboxylic acids is 4. The van der Waals surface area contributed by atoms with Crippen LogP contribution in [0.15, 0.2) is 53.8 Å². The Labute approximate surface area is 219 Å². The lowest BCUT2D eigenvalue weighted by Gasteiger charge is -2.52. The Bertz CT molecular complexity index is 1400. The molecule has 2 aromatic rings. The molecule has 0 spiro atoms. The zero-order chi connectivity index (χ0) is 27.5. The molecule has 0 heterocycles. The molecule has 198 valence electrons. The van der Waals surface area contributed by atoms with Crippen molar-refractivity contribution >= 4 is 23.3 Å². The number of likely N-dealkylation sites (N-methyl/N-ethyl adjacent to an activating group) is 1. The summed E-state index contributed by atoms with van der Waals surface area (Å²) in [5, 5.41) is 22.3. The molecule has 0 saturated heterocycles. The van der Waals surface area contributed by atoms with Crippen molar-refractivity contribution in [1.29, 1.82) is 0 Å². The minimum atomic E-state index is -2.65. The summed E-state index contributed by atoms with van der Waals surface area (Å²) in [5.74, 6) is -6.92. The average molecular weight is 519 g/mol. The number of phenolic OH excluding ortho intramolecular Hbond substituents is 1. The number of ether oxygens (including phenoxy) is 1. The molecular weight excluding hydrogens is 488 g/mol. The molecule has 0 aliphatic heterocycles. The van der Waals surface area contributed by atoms with E-state index in [1.165, 1.54) is 6.07 Å². The van der Waals surface area contributed by atoms with Crippen LogP contribution < -0.4 is 5.73 Å². The van der Waals surface area contributed by atoms with E-state index in [9.17, 15) is 29.4 Å². The smallest absolute Gasteiger partial charge is 0.255 e. The number of carbonyl (C=O) groups is 4. The Kier molecular flexibility index (Phi) is 6.24. The largest absolute Gasteiger partial charge is 0.507 e. The molecular formula is C29H30N2O7. The summed E-state index contributed by atoms with van der Waals surface area (Å²) in [7, 11) is 3.40. The van der Waals surface area contributed by atoms with Crippen LogP contribution in [0.4, 0.5) is 0 Å². The van der Waals surface area contributed by atoms with Gasteiger partial charge in [0.1, 0.15) is 23.7 Å². The van der Waals surface area contributed by atoms with Crippen LogP contribution in [0.2, 0.25) is 0 Å². The molecule has 1 fully saturated rings. The first kappa shape index (κ1) is 25.8. The van der Waals surface area contributed by atoms with Crippen molar-refractivity contribution < 1.29 is 34.1 Å². The molecule has 3 aliphatic rings. The monoisotopic (exact) mass is 518 g/mol. The highest BCUT2D eigenvalue weighted by Crippen LogP contribution is 2.52. The summed E-state index contributed by atoms with van der Waals surface area (Å²) >= 11 is 0. The van der Waals surface area contributed by atoms with Crippen molar-refractivity contribution in [2.75, 3.05) is 14.1 Å². The van der Waals surface area contributed by atoms with Crippen molar-refractivity contribution in [2.24, 2.45) is 23.5 Å². The number of aromatic hydroxyl groups is 1. The average Bonchev–Trinajstić information content (AvgIpc) is 2.87. The molecule has 0 radical (unpaired) electrons. The zero-order valence-corrected chi connectivity index (χ0v) is 21.4. The lowest BCUT2D eigenvalue weighted by molar-refractivity contribution is -0.170. The second-order valence-electron chi connectivity index (χ2n) is 10.6. The Morgan fingerprint density at radius 1 is 1.13 bits per heavy atom. The molecule has 9 nitrogen and oxygen atoms in total. The third kappa shape index (κ3) is 3.68. The number of nitrogens with two attached hydrogens (primary N) is 1. The van der Waals surface area contributed by atoms with Gasteiger partial charge in [-0.05, 0) is 62.5 Å². The van der Waals surface area contributed by atoms with Gasteiger partial charge in [0, 0.05) is 5.92 Å². The van der Waals surface area contributed by atoms with E-state index < -0.39 is 58.2 Å². The summed E-state index contributed by atoms with van der Waals surface area (Å²) in [6.07, 6.45) is 0.469. The van der Waals surface area contributed by atoms with E-state index in [0.717, 1.165) is 11.1 Å². The van der Waals surface area contributed by atoms with Gasteiger partial charge in [-0.15, -0.1) is 0 Å². The van der Waals surface area contributed by atoms with E-state index in [0.29, 0.717) is 12.0 Å². The summed E-state index contributed by atoms with van der Waals surface area (Å²) in [6, 6.07) is 11.4. The highest BCUT2D eigenvalue weighted by molar-refractivity contribution is 6.32. The number of hydrogen-bond donors (Lipinski definition) is 3. The fourth-order valence-corrected chi connectivity index (χ4v) is 6.49. The van der Waals surface area contributed by atoms with E-state index >= 15 is 0 Å². The fraction of sp³-hybridized carbons (Fsp3) is 0.379. The molecule has 2 aromatic carbocycles. The molecule has 1 saturated carbocycles. The minimum Gasteiger partial charge on any atom is -0.507 e. The van der Waals surface area contributed by atoms with Crippen molar-refractivity contribution in [3.63, 3.8) is 0 Å². The van der Waals surface area contributed by atoms with Crippen LogP contribution in [0.25, 0.3) is 0 Å². The number of fused-ring (bicyclic) bond motifs is 3. The predicted octanol–water partition coefficient (Wildman–Crippen LogP) is 1.46. The van der Waals surface area contributed by atoms with Gasteiger partial charge in [0.25, 0.3) is 5.91 Å². The molecule has 1 amide bonds. The van der Waals surface area contributed by atoms with E-state index in [2.05, 4.69) is 0 Å². The normalized spacial score (nSPS) is 28.6. The highest BCUT2D eigenvalue weighted by Gasteiger charge is 2.67. The van der Waals surface area contributed by atoms with E-state index in [1.54, 1.807) is 25.1 Å². The lowest BCUT2D eigenvalue weighted by Crippen LogP contribution is -2.69. The maximum atomic E-state index is 14.0. The first-order chi connectivity index (χ1) is 18.0. The molecule has 38 heavy (non-hydrogen) atoms. The zero-order valence-electron chi connectivity index (χ0n) is 21.4. The molecule has 4 N–H and O–H groups in total. The van der Waals surface area contributed by atoms with E-state index in [-0.39, 0.29) is 30.1 Å². The van der Waals surface area contributed by atoms with Crippen LogP contribution in [0.1, 0.15) is 33.5 Å². The number of phenols is 1. The SMILES string of the molecule is Cc1ccc(O)c2c1C[C@H]1C[C@H]3[C@H](N(C)C)C(OCc4ccccc4)=C(C(N)=O)C(=O)[C@@]3(O)C(=O)C1C2=O. The molecule has 1 unspecified atom stereocenters. The number of rotatable bonds is 5. The van der Waals surface area contributed by atoms with Crippen LogP contribution in [-0.2, 0) is 32.1 Å². The number of Topliss-reactive ketones (excluding diaryl/α,β-unsaturated/α-hetero) is 3. The molecule has 5 atom stereocenters. The number of nitrogens with zero attached hydrogens (tertiary/aromatic N) is 1. The quantitative estimate of drug-likeness (QED) is 0.398. The van der Waals surface area contributed by atoms with Gasteiger partial charge in [0.05, 0.1) is 17.5 Å². The van der Waals surface area contributed by atoms with E-state index in [4.69, 9.17) is 10.5 Å². The molecule has 3 aliphatic carbocycles. The third-order valence-electron chi connectivity index (χ3n) is 8.25. The Morgan fingerprint density at radius 2 is 1.82 bits per heavy atom. The third-order valence-corrected chi connectivity index (χ3v) is 8.25. The van der Waals surface area contributed by atoms with Crippen molar-refractivity contribution in [2.45, 2.75) is 38.0 Å². The predicted molar refractivity (Wildman–Crippen MR) is 136 cm³/mol. The number of hydrogen-bond acceptors (Lipinski definition) is 8. The van der Waals surface area contributed by atoms with Crippen LogP contribution in [0.3, 0.4) is 0 Å². The second kappa shape index (κ2) is 9.18. The number of aliphatic hydroxyl groups is 1. The van der Waals surface area contributed by atoms with Crippen molar-refractivity contribution in [1.82, 2.24) is 4.90 Å². The van der Waals surface area contributed by atoms with Gasteiger partial charge < -0.3 is 20.7 Å². The minimum absolute atomic E-state index is 0.00800. The summed E-state index contributed by atoms with van der Waals surface area (Å²) < 4.78 is 6.06.